The second-order valence-electron chi connectivity index (χ2n) is 4.78. The Balaban J connectivity index is 2.04. The fourth-order valence-corrected chi connectivity index (χ4v) is 1.91. The molecule has 0 fully saturated rings. The molecule has 0 amide bonds. The topological polar surface area (TPSA) is 60.2 Å². The molecule has 0 aliphatic rings. The van der Waals surface area contributed by atoms with Gasteiger partial charge in [-0.25, -0.2) is 4.39 Å². The van der Waals surface area contributed by atoms with E-state index in [4.69, 9.17) is 20.9 Å². The average Bonchev–Trinajstić information content (AvgIpc) is 2.90. The molecular weight excluding hydrogens is 297 g/mol. The van der Waals surface area contributed by atoms with Crippen LogP contribution in [0.3, 0.4) is 0 Å². The number of aromatic nitrogens is 2. The van der Waals surface area contributed by atoms with Gasteiger partial charge in [0.2, 0.25) is 0 Å². The first-order valence-corrected chi connectivity index (χ1v) is 6.99. The average molecular weight is 314 g/mol. The molecule has 2 rings (SSSR count). The van der Waals surface area contributed by atoms with Crippen LogP contribution in [0, 0.1) is 5.82 Å². The number of ether oxygens (including phenoxy) is 1. The Hall–Kier alpha value is -1.66. The first-order chi connectivity index (χ1) is 9.99. The van der Waals surface area contributed by atoms with Gasteiger partial charge < -0.3 is 14.6 Å². The smallest absolute Gasteiger partial charge is 0.267 e. The first-order valence-electron chi connectivity index (χ1n) is 6.61. The number of rotatable bonds is 6. The largest absolute Gasteiger partial charge is 0.479 e. The number of nitrogens with zero attached hydrogens (tertiary/aromatic N) is 2. The zero-order chi connectivity index (χ0) is 15.4. The lowest BCUT2D eigenvalue weighted by molar-refractivity contribution is 0.175. The summed E-state index contributed by atoms with van der Waals surface area (Å²) in [6, 6.07) is 4.19. The molecular formula is C14H17ClFN3O2. The van der Waals surface area contributed by atoms with Crippen LogP contribution in [0.5, 0.6) is 5.75 Å². The van der Waals surface area contributed by atoms with E-state index >= 15 is 0 Å². The maximum absolute atomic E-state index is 13.0. The normalized spacial score (nSPS) is 14.0. The van der Waals surface area contributed by atoms with Crippen LogP contribution in [-0.2, 0) is 6.42 Å². The van der Waals surface area contributed by atoms with Gasteiger partial charge in [-0.3, -0.25) is 0 Å². The lowest BCUT2D eigenvalue weighted by Crippen LogP contribution is -2.24. The van der Waals surface area contributed by atoms with Crippen LogP contribution in [0.2, 0.25) is 5.02 Å². The monoisotopic (exact) mass is 313 g/mol. The van der Waals surface area contributed by atoms with E-state index in [0.29, 0.717) is 23.9 Å². The minimum atomic E-state index is -0.473. The van der Waals surface area contributed by atoms with Crippen LogP contribution in [0.15, 0.2) is 22.7 Å². The molecule has 0 radical (unpaired) electrons. The molecule has 0 saturated carbocycles. The summed E-state index contributed by atoms with van der Waals surface area (Å²) in [5.41, 5.74) is 0. The molecule has 0 bridgehead atoms. The van der Waals surface area contributed by atoms with E-state index in [2.05, 4.69) is 15.5 Å². The Morgan fingerprint density at radius 1 is 1.43 bits per heavy atom. The number of hydrogen-bond donors (Lipinski definition) is 1. The van der Waals surface area contributed by atoms with Crippen molar-refractivity contribution >= 4 is 11.6 Å². The van der Waals surface area contributed by atoms with Crippen LogP contribution in [0.25, 0.3) is 0 Å². The van der Waals surface area contributed by atoms with Crippen LogP contribution in [-0.4, -0.2) is 23.2 Å². The van der Waals surface area contributed by atoms with E-state index in [1.807, 2.05) is 14.0 Å². The van der Waals surface area contributed by atoms with Crippen molar-refractivity contribution in [2.45, 2.75) is 32.4 Å². The number of benzene rings is 1. The molecule has 1 aromatic carbocycles. The van der Waals surface area contributed by atoms with Gasteiger partial charge >= 0.3 is 0 Å². The van der Waals surface area contributed by atoms with Crippen LogP contribution in [0.4, 0.5) is 4.39 Å². The minimum Gasteiger partial charge on any atom is -0.479 e. The molecule has 2 atom stereocenters. The zero-order valence-electron chi connectivity index (χ0n) is 12.1. The van der Waals surface area contributed by atoms with Gasteiger partial charge in [0.1, 0.15) is 11.6 Å². The van der Waals surface area contributed by atoms with Crippen molar-refractivity contribution in [3.63, 3.8) is 0 Å². The summed E-state index contributed by atoms with van der Waals surface area (Å²) in [6.07, 6.45) is 0.184. The van der Waals surface area contributed by atoms with Gasteiger partial charge in [0.15, 0.2) is 11.9 Å². The van der Waals surface area contributed by atoms with Crippen molar-refractivity contribution < 1.29 is 13.7 Å². The Kier molecular flexibility index (Phi) is 5.14. The van der Waals surface area contributed by atoms with Gasteiger partial charge in [0.25, 0.3) is 5.89 Å². The fraction of sp³-hybridized carbons (Fsp3) is 0.429. The van der Waals surface area contributed by atoms with E-state index in [-0.39, 0.29) is 11.1 Å². The van der Waals surface area contributed by atoms with Crippen molar-refractivity contribution in [2.75, 3.05) is 7.05 Å². The van der Waals surface area contributed by atoms with Crippen LogP contribution >= 0.6 is 11.6 Å². The molecule has 7 heteroatoms. The molecule has 5 nitrogen and oxygen atoms in total. The first kappa shape index (κ1) is 15.7. The fourth-order valence-electron chi connectivity index (χ4n) is 1.70. The van der Waals surface area contributed by atoms with Crippen molar-refractivity contribution in [3.05, 3.63) is 40.8 Å². The van der Waals surface area contributed by atoms with E-state index in [1.165, 1.54) is 18.2 Å². The Morgan fingerprint density at radius 3 is 2.86 bits per heavy atom. The van der Waals surface area contributed by atoms with E-state index < -0.39 is 11.9 Å². The summed E-state index contributed by atoms with van der Waals surface area (Å²) in [5, 5.41) is 7.20. The lowest BCUT2D eigenvalue weighted by atomic mass is 10.2. The molecule has 2 unspecified atom stereocenters. The summed E-state index contributed by atoms with van der Waals surface area (Å²) in [5.74, 6) is 0.913. The highest BCUT2D eigenvalue weighted by molar-refractivity contribution is 6.32. The van der Waals surface area contributed by atoms with Gasteiger partial charge in [-0.1, -0.05) is 16.8 Å². The summed E-state index contributed by atoms with van der Waals surface area (Å²) < 4.78 is 23.8. The molecule has 0 spiro atoms. The summed E-state index contributed by atoms with van der Waals surface area (Å²) >= 11 is 5.91. The van der Waals surface area contributed by atoms with Crippen molar-refractivity contribution in [3.8, 4) is 5.75 Å². The minimum absolute atomic E-state index is 0.199. The van der Waals surface area contributed by atoms with Gasteiger partial charge in [-0.2, -0.15) is 4.98 Å². The maximum atomic E-state index is 13.0. The van der Waals surface area contributed by atoms with Crippen molar-refractivity contribution in [1.29, 1.82) is 0 Å². The predicted molar refractivity (Wildman–Crippen MR) is 77.0 cm³/mol. The summed E-state index contributed by atoms with van der Waals surface area (Å²) in [4.78, 5) is 4.28. The molecule has 0 aliphatic heterocycles. The van der Waals surface area contributed by atoms with Gasteiger partial charge in [-0.15, -0.1) is 0 Å². The Labute approximate surface area is 127 Å². The van der Waals surface area contributed by atoms with Crippen molar-refractivity contribution in [2.24, 2.45) is 0 Å². The Morgan fingerprint density at radius 2 is 2.19 bits per heavy atom. The zero-order valence-corrected chi connectivity index (χ0v) is 12.8. The molecule has 21 heavy (non-hydrogen) atoms. The number of halogens is 2. The third-order valence-electron chi connectivity index (χ3n) is 3.01. The van der Waals surface area contributed by atoms with E-state index in [0.717, 1.165) is 0 Å². The second kappa shape index (κ2) is 6.87. The maximum Gasteiger partial charge on any atom is 0.267 e. The molecule has 114 valence electrons. The highest BCUT2D eigenvalue weighted by Crippen LogP contribution is 2.29. The van der Waals surface area contributed by atoms with E-state index in [9.17, 15) is 4.39 Å². The molecule has 0 aliphatic carbocycles. The highest BCUT2D eigenvalue weighted by Gasteiger charge is 2.18. The standard InChI is InChI=1S/C14H17ClFN3O2/c1-8(17-3)6-13-18-14(21-19-13)9(2)20-12-5-4-10(16)7-11(12)15/h4-5,7-9,17H,6H2,1-3H3. The number of hydrogen-bond acceptors (Lipinski definition) is 5. The molecule has 2 aromatic rings. The third-order valence-corrected chi connectivity index (χ3v) is 3.31. The third kappa shape index (κ3) is 4.15. The van der Waals surface area contributed by atoms with Gasteiger partial charge in [-0.05, 0) is 39.1 Å². The highest BCUT2D eigenvalue weighted by atomic mass is 35.5. The van der Waals surface area contributed by atoms with Gasteiger partial charge in [0.05, 0.1) is 5.02 Å². The lowest BCUT2D eigenvalue weighted by Gasteiger charge is -2.12. The SMILES string of the molecule is CNC(C)Cc1noc(C(C)Oc2ccc(F)cc2Cl)n1. The summed E-state index contributed by atoms with van der Waals surface area (Å²) in [6.45, 7) is 3.78. The summed E-state index contributed by atoms with van der Waals surface area (Å²) in [7, 11) is 1.87. The van der Waals surface area contributed by atoms with Crippen LogP contribution in [0.1, 0.15) is 31.7 Å². The number of likely N-dealkylation sites (N-methyl/N-ethyl adjacent to an activating group) is 1. The van der Waals surface area contributed by atoms with Crippen molar-refractivity contribution in [1.82, 2.24) is 15.5 Å². The second-order valence-corrected chi connectivity index (χ2v) is 5.18. The van der Waals surface area contributed by atoms with E-state index in [1.54, 1.807) is 6.92 Å². The molecule has 1 aromatic heterocycles. The van der Waals surface area contributed by atoms with Crippen LogP contribution < -0.4 is 10.1 Å². The number of nitrogens with one attached hydrogen (secondary N) is 1. The Bertz CT molecular complexity index is 606. The molecule has 1 heterocycles. The van der Waals surface area contributed by atoms with Gasteiger partial charge in [0, 0.05) is 12.5 Å². The molecule has 0 saturated heterocycles. The molecule has 1 N–H and O–H groups in total. The predicted octanol–water partition coefficient (Wildman–Crippen LogP) is 3.15. The quantitative estimate of drug-likeness (QED) is 0.887.